The van der Waals surface area contributed by atoms with E-state index in [0.717, 1.165) is 29.4 Å². The summed E-state index contributed by atoms with van der Waals surface area (Å²) in [4.78, 5) is 19.2. The minimum Gasteiger partial charge on any atom is -0.472 e. The van der Waals surface area contributed by atoms with Crippen molar-refractivity contribution in [3.8, 4) is 0 Å². The molecule has 6 nitrogen and oxygen atoms in total. The van der Waals surface area contributed by atoms with Gasteiger partial charge in [-0.1, -0.05) is 18.3 Å². The second-order valence-electron chi connectivity index (χ2n) is 4.66. The Hall–Kier alpha value is -2.15. The van der Waals surface area contributed by atoms with Crippen LogP contribution in [0.5, 0.6) is 0 Å². The molecule has 0 amide bonds. The molecule has 0 fully saturated rings. The summed E-state index contributed by atoms with van der Waals surface area (Å²) in [5.74, 6) is 0. The van der Waals surface area contributed by atoms with Crippen LogP contribution in [0.15, 0.2) is 33.9 Å². The standard InChI is InChI=1S/C14H16N4O2S/c1-3-11-7-12(19)18-13(15-11)21-14(16-18)17(4-2)8-10-5-6-20-9-10/h5-7,9H,3-4,8H2,1-2H3. The van der Waals surface area contributed by atoms with E-state index in [1.165, 1.54) is 15.9 Å². The van der Waals surface area contributed by atoms with Crippen molar-refractivity contribution >= 4 is 21.4 Å². The number of anilines is 1. The van der Waals surface area contributed by atoms with Crippen molar-refractivity contribution in [3.05, 3.63) is 46.3 Å². The first-order valence-corrected chi connectivity index (χ1v) is 7.68. The van der Waals surface area contributed by atoms with Gasteiger partial charge in [0.25, 0.3) is 5.56 Å². The Morgan fingerprint density at radius 3 is 2.95 bits per heavy atom. The molecule has 0 aliphatic heterocycles. The molecule has 3 rings (SSSR count). The van der Waals surface area contributed by atoms with Crippen molar-refractivity contribution < 1.29 is 4.42 Å². The first-order chi connectivity index (χ1) is 10.2. The maximum atomic E-state index is 12.0. The van der Waals surface area contributed by atoms with Gasteiger partial charge >= 0.3 is 0 Å². The monoisotopic (exact) mass is 304 g/mol. The molecule has 21 heavy (non-hydrogen) atoms. The largest absolute Gasteiger partial charge is 0.472 e. The number of furan rings is 1. The van der Waals surface area contributed by atoms with E-state index >= 15 is 0 Å². The summed E-state index contributed by atoms with van der Waals surface area (Å²) in [5, 5.41) is 5.18. The number of nitrogens with zero attached hydrogens (tertiary/aromatic N) is 4. The van der Waals surface area contributed by atoms with Gasteiger partial charge < -0.3 is 9.32 Å². The minimum absolute atomic E-state index is 0.126. The molecule has 0 aliphatic rings. The third kappa shape index (κ3) is 2.69. The van der Waals surface area contributed by atoms with Crippen LogP contribution in [0.25, 0.3) is 4.96 Å². The van der Waals surface area contributed by atoms with Crippen LogP contribution < -0.4 is 10.5 Å². The Kier molecular flexibility index (Phi) is 3.74. The molecule has 0 bridgehead atoms. The lowest BCUT2D eigenvalue weighted by molar-refractivity contribution is 0.563. The summed E-state index contributed by atoms with van der Waals surface area (Å²) in [6.45, 7) is 5.53. The van der Waals surface area contributed by atoms with Crippen molar-refractivity contribution in [3.63, 3.8) is 0 Å². The summed E-state index contributed by atoms with van der Waals surface area (Å²) in [7, 11) is 0. The predicted molar refractivity (Wildman–Crippen MR) is 81.9 cm³/mol. The Labute approximate surface area is 125 Å². The second-order valence-corrected chi connectivity index (χ2v) is 5.60. The van der Waals surface area contributed by atoms with E-state index in [4.69, 9.17) is 4.42 Å². The van der Waals surface area contributed by atoms with Crippen molar-refractivity contribution in [2.75, 3.05) is 11.4 Å². The second kappa shape index (κ2) is 5.69. The lowest BCUT2D eigenvalue weighted by atomic mass is 10.3. The van der Waals surface area contributed by atoms with E-state index in [1.807, 2.05) is 13.0 Å². The molecule has 0 saturated heterocycles. The van der Waals surface area contributed by atoms with E-state index in [0.29, 0.717) is 11.5 Å². The number of hydrogen-bond acceptors (Lipinski definition) is 6. The lowest BCUT2D eigenvalue weighted by Gasteiger charge is -2.17. The molecule has 0 aliphatic carbocycles. The summed E-state index contributed by atoms with van der Waals surface area (Å²) in [5.41, 5.74) is 1.75. The number of hydrogen-bond donors (Lipinski definition) is 0. The third-order valence-corrected chi connectivity index (χ3v) is 4.22. The van der Waals surface area contributed by atoms with E-state index < -0.39 is 0 Å². The highest BCUT2D eigenvalue weighted by atomic mass is 32.1. The Balaban J connectivity index is 1.99. The minimum atomic E-state index is -0.126. The molecule has 110 valence electrons. The van der Waals surface area contributed by atoms with Crippen LogP contribution in [0.3, 0.4) is 0 Å². The van der Waals surface area contributed by atoms with E-state index in [1.54, 1.807) is 18.6 Å². The fourth-order valence-corrected chi connectivity index (χ4v) is 3.06. The van der Waals surface area contributed by atoms with Crippen LogP contribution in [0, 0.1) is 0 Å². The van der Waals surface area contributed by atoms with E-state index in [-0.39, 0.29) is 5.56 Å². The van der Waals surface area contributed by atoms with Gasteiger partial charge in [0.1, 0.15) is 0 Å². The normalized spacial score (nSPS) is 11.1. The zero-order chi connectivity index (χ0) is 14.8. The average Bonchev–Trinajstić information content (AvgIpc) is 3.13. The van der Waals surface area contributed by atoms with Gasteiger partial charge in [-0.05, 0) is 19.4 Å². The molecular weight excluding hydrogens is 288 g/mol. The Morgan fingerprint density at radius 1 is 1.43 bits per heavy atom. The number of rotatable bonds is 5. The van der Waals surface area contributed by atoms with Gasteiger partial charge in [-0.2, -0.15) is 4.52 Å². The number of aromatic nitrogens is 3. The molecule has 0 N–H and O–H groups in total. The molecule has 0 unspecified atom stereocenters. The van der Waals surface area contributed by atoms with Crippen molar-refractivity contribution in [2.45, 2.75) is 26.8 Å². The molecule has 0 spiro atoms. The average molecular weight is 304 g/mol. The fourth-order valence-electron chi connectivity index (χ4n) is 2.07. The highest BCUT2D eigenvalue weighted by Crippen LogP contribution is 2.23. The first kappa shape index (κ1) is 13.8. The van der Waals surface area contributed by atoms with Crippen molar-refractivity contribution in [2.24, 2.45) is 0 Å². The smallest absolute Gasteiger partial charge is 0.275 e. The van der Waals surface area contributed by atoms with Gasteiger partial charge in [0.2, 0.25) is 10.1 Å². The zero-order valence-corrected chi connectivity index (χ0v) is 12.8. The van der Waals surface area contributed by atoms with E-state index in [2.05, 4.69) is 21.9 Å². The topological polar surface area (TPSA) is 63.6 Å². The lowest BCUT2D eigenvalue weighted by Crippen LogP contribution is -2.22. The fraction of sp³-hybridized carbons (Fsp3) is 0.357. The van der Waals surface area contributed by atoms with Gasteiger partial charge in [0.05, 0.1) is 12.5 Å². The molecule has 7 heteroatoms. The number of aryl methyl sites for hydroxylation is 1. The molecule has 0 atom stereocenters. The van der Waals surface area contributed by atoms with E-state index in [9.17, 15) is 4.79 Å². The van der Waals surface area contributed by atoms with Crippen LogP contribution in [-0.4, -0.2) is 21.1 Å². The maximum absolute atomic E-state index is 12.0. The van der Waals surface area contributed by atoms with Gasteiger partial charge in [-0.15, -0.1) is 5.10 Å². The third-order valence-electron chi connectivity index (χ3n) is 3.26. The summed E-state index contributed by atoms with van der Waals surface area (Å²) in [6, 6.07) is 3.47. The highest BCUT2D eigenvalue weighted by Gasteiger charge is 2.14. The van der Waals surface area contributed by atoms with Crippen LogP contribution in [0.2, 0.25) is 0 Å². The SMILES string of the molecule is CCc1cc(=O)n2nc(N(CC)Cc3ccoc3)sc2n1. The molecule has 0 radical (unpaired) electrons. The molecule has 3 aromatic rings. The highest BCUT2D eigenvalue weighted by molar-refractivity contribution is 7.20. The maximum Gasteiger partial charge on any atom is 0.275 e. The van der Waals surface area contributed by atoms with Crippen LogP contribution in [0.1, 0.15) is 25.1 Å². The van der Waals surface area contributed by atoms with Crippen molar-refractivity contribution in [1.29, 1.82) is 0 Å². The van der Waals surface area contributed by atoms with Gasteiger partial charge in [-0.3, -0.25) is 4.79 Å². The summed E-state index contributed by atoms with van der Waals surface area (Å²) in [6.07, 6.45) is 4.11. The Bertz CT molecular complexity index is 791. The quantitative estimate of drug-likeness (QED) is 0.724. The number of fused-ring (bicyclic) bond motifs is 1. The summed E-state index contributed by atoms with van der Waals surface area (Å²) < 4.78 is 6.47. The molecule has 0 saturated carbocycles. The Morgan fingerprint density at radius 2 is 2.29 bits per heavy atom. The first-order valence-electron chi connectivity index (χ1n) is 6.87. The molecule has 3 aromatic heterocycles. The van der Waals surface area contributed by atoms with Crippen LogP contribution in [0.4, 0.5) is 5.13 Å². The van der Waals surface area contributed by atoms with Gasteiger partial charge in [-0.25, -0.2) is 4.98 Å². The summed E-state index contributed by atoms with van der Waals surface area (Å²) >= 11 is 1.43. The molecular formula is C14H16N4O2S. The van der Waals surface area contributed by atoms with Crippen LogP contribution in [-0.2, 0) is 13.0 Å². The van der Waals surface area contributed by atoms with Gasteiger partial charge in [0.15, 0.2) is 0 Å². The molecule has 3 heterocycles. The zero-order valence-electron chi connectivity index (χ0n) is 11.9. The van der Waals surface area contributed by atoms with Crippen LogP contribution >= 0.6 is 11.3 Å². The van der Waals surface area contributed by atoms with Crippen molar-refractivity contribution in [1.82, 2.24) is 14.6 Å². The van der Waals surface area contributed by atoms with Gasteiger partial charge in [0, 0.05) is 30.4 Å². The molecule has 0 aromatic carbocycles. The predicted octanol–water partition coefficient (Wildman–Crippen LogP) is 2.33.